The molecule has 2 amide bonds. The summed E-state index contributed by atoms with van der Waals surface area (Å²) in [4.78, 5) is 14.4. The zero-order chi connectivity index (χ0) is 20.3. The molecule has 2 heterocycles. The molecule has 0 bridgehead atoms. The largest absolute Gasteiger partial charge is 0.375 e. The molecule has 2 saturated heterocycles. The zero-order valence-corrected chi connectivity index (χ0v) is 17.8. The van der Waals surface area contributed by atoms with Crippen LogP contribution in [0.3, 0.4) is 0 Å². The molecule has 1 aromatic carbocycles. The van der Waals surface area contributed by atoms with E-state index in [0.29, 0.717) is 26.2 Å². The van der Waals surface area contributed by atoms with Crippen LogP contribution in [0.25, 0.3) is 0 Å². The summed E-state index contributed by atoms with van der Waals surface area (Å²) in [5, 5.41) is 3.01. The van der Waals surface area contributed by atoms with Crippen molar-refractivity contribution in [3.05, 3.63) is 29.3 Å². The van der Waals surface area contributed by atoms with Gasteiger partial charge in [-0.15, -0.1) is 0 Å². The van der Waals surface area contributed by atoms with Crippen molar-refractivity contribution in [3.63, 3.8) is 0 Å². The molecule has 2 aliphatic rings. The van der Waals surface area contributed by atoms with Gasteiger partial charge in [-0.25, -0.2) is 17.5 Å². The van der Waals surface area contributed by atoms with Gasteiger partial charge in [0.05, 0.1) is 18.5 Å². The van der Waals surface area contributed by atoms with Crippen molar-refractivity contribution in [3.8, 4) is 0 Å². The van der Waals surface area contributed by atoms with Gasteiger partial charge in [0, 0.05) is 31.9 Å². The van der Waals surface area contributed by atoms with E-state index >= 15 is 0 Å². The van der Waals surface area contributed by atoms with Crippen molar-refractivity contribution < 1.29 is 17.9 Å². The van der Waals surface area contributed by atoms with Crippen LogP contribution in [0, 0.1) is 13.8 Å². The average Bonchev–Trinajstić information content (AvgIpc) is 2.64. The zero-order valence-electron chi connectivity index (χ0n) is 17.0. The van der Waals surface area contributed by atoms with Crippen LogP contribution in [0.4, 0.5) is 10.5 Å². The topological polar surface area (TPSA) is 79.0 Å². The predicted octanol–water partition coefficient (Wildman–Crippen LogP) is 2.74. The van der Waals surface area contributed by atoms with Crippen LogP contribution in [-0.4, -0.2) is 68.3 Å². The molecular weight excluding hydrogens is 378 g/mol. The Morgan fingerprint density at radius 3 is 2.14 bits per heavy atom. The van der Waals surface area contributed by atoms with Gasteiger partial charge in [-0.05, 0) is 51.2 Å². The summed E-state index contributed by atoms with van der Waals surface area (Å²) in [6.07, 6.45) is 4.60. The minimum Gasteiger partial charge on any atom is -0.375 e. The summed E-state index contributed by atoms with van der Waals surface area (Å²) in [6.45, 7) is 6.43. The van der Waals surface area contributed by atoms with Gasteiger partial charge in [0.2, 0.25) is 10.0 Å². The van der Waals surface area contributed by atoms with Gasteiger partial charge < -0.3 is 15.0 Å². The van der Waals surface area contributed by atoms with Crippen molar-refractivity contribution >= 4 is 21.7 Å². The second-order valence-corrected chi connectivity index (χ2v) is 9.91. The molecule has 0 unspecified atom stereocenters. The predicted molar refractivity (Wildman–Crippen MR) is 110 cm³/mol. The molecule has 8 heteroatoms. The van der Waals surface area contributed by atoms with E-state index in [-0.39, 0.29) is 18.2 Å². The molecule has 7 nitrogen and oxygen atoms in total. The first-order valence-electron chi connectivity index (χ1n) is 9.96. The molecule has 28 heavy (non-hydrogen) atoms. The highest BCUT2D eigenvalue weighted by atomic mass is 32.2. The summed E-state index contributed by atoms with van der Waals surface area (Å²) < 4.78 is 30.9. The number of carbonyl (C=O) groups excluding carboxylic acids is 1. The van der Waals surface area contributed by atoms with Crippen LogP contribution in [-0.2, 0) is 14.8 Å². The molecule has 2 fully saturated rings. The summed E-state index contributed by atoms with van der Waals surface area (Å²) >= 11 is 0. The Bertz CT molecular complexity index is 796. The lowest BCUT2D eigenvalue weighted by Crippen LogP contribution is -2.45. The summed E-state index contributed by atoms with van der Waals surface area (Å²) in [5.41, 5.74) is 3.09. The lowest BCUT2D eigenvalue weighted by molar-refractivity contribution is -0.0542. The Kier molecular flexibility index (Phi) is 6.62. The summed E-state index contributed by atoms with van der Waals surface area (Å²) in [5.74, 6) is 0. The maximum atomic E-state index is 12.5. The highest BCUT2D eigenvalue weighted by Gasteiger charge is 2.29. The van der Waals surface area contributed by atoms with Crippen LogP contribution in [0.2, 0.25) is 0 Å². The molecule has 0 spiro atoms. The number of piperidine rings is 2. The molecule has 156 valence electrons. The van der Waals surface area contributed by atoms with Gasteiger partial charge in [0.15, 0.2) is 0 Å². The van der Waals surface area contributed by atoms with Crippen LogP contribution in [0.5, 0.6) is 0 Å². The number of ether oxygens (including phenoxy) is 1. The Labute approximate surface area is 168 Å². The smallest absolute Gasteiger partial charge is 0.321 e. The Morgan fingerprint density at radius 2 is 1.61 bits per heavy atom. The number of rotatable bonds is 4. The fraction of sp³-hybridized carbons (Fsp3) is 0.650. The molecule has 1 aromatic rings. The second kappa shape index (κ2) is 8.80. The van der Waals surface area contributed by atoms with E-state index in [9.17, 15) is 13.2 Å². The van der Waals surface area contributed by atoms with Gasteiger partial charge >= 0.3 is 6.03 Å². The van der Waals surface area contributed by atoms with E-state index in [2.05, 4.69) is 11.4 Å². The Balaban J connectivity index is 1.42. The number of anilines is 1. The van der Waals surface area contributed by atoms with Crippen LogP contribution < -0.4 is 5.32 Å². The minimum absolute atomic E-state index is 0.0631. The third-order valence-corrected chi connectivity index (χ3v) is 6.91. The molecule has 3 rings (SSSR count). The van der Waals surface area contributed by atoms with Gasteiger partial charge in [-0.2, -0.15) is 0 Å². The number of nitrogens with one attached hydrogen (secondary N) is 1. The quantitative estimate of drug-likeness (QED) is 0.829. The minimum atomic E-state index is -3.10. The van der Waals surface area contributed by atoms with E-state index in [1.54, 1.807) is 0 Å². The van der Waals surface area contributed by atoms with Crippen molar-refractivity contribution in [1.82, 2.24) is 9.21 Å². The van der Waals surface area contributed by atoms with Crippen LogP contribution in [0.15, 0.2) is 18.2 Å². The van der Waals surface area contributed by atoms with Gasteiger partial charge in [0.1, 0.15) is 0 Å². The van der Waals surface area contributed by atoms with E-state index in [1.807, 2.05) is 30.9 Å². The third-order valence-electron chi connectivity index (χ3n) is 5.61. The maximum absolute atomic E-state index is 12.5. The summed E-state index contributed by atoms with van der Waals surface area (Å²) in [7, 11) is -3.10. The normalized spacial score (nSPS) is 20.3. The van der Waals surface area contributed by atoms with Crippen LogP contribution in [0.1, 0.15) is 36.8 Å². The third kappa shape index (κ3) is 5.46. The summed E-state index contributed by atoms with van der Waals surface area (Å²) in [6, 6.07) is 5.94. The number of carbonyl (C=O) groups is 1. The molecular formula is C20H31N3O4S. The lowest BCUT2D eigenvalue weighted by Gasteiger charge is -2.36. The Morgan fingerprint density at radius 1 is 1.04 bits per heavy atom. The number of likely N-dealkylation sites (tertiary alicyclic amines) is 1. The molecule has 0 saturated carbocycles. The Hall–Kier alpha value is -1.64. The molecule has 0 aliphatic carbocycles. The monoisotopic (exact) mass is 409 g/mol. The van der Waals surface area contributed by atoms with Crippen LogP contribution >= 0.6 is 0 Å². The van der Waals surface area contributed by atoms with E-state index in [1.165, 1.54) is 16.1 Å². The number of sulfonamides is 1. The fourth-order valence-corrected chi connectivity index (χ4v) is 4.79. The molecule has 0 atom stereocenters. The second-order valence-electron chi connectivity index (χ2n) is 7.93. The number of benzene rings is 1. The lowest BCUT2D eigenvalue weighted by atomic mass is 10.1. The first-order valence-corrected chi connectivity index (χ1v) is 11.8. The van der Waals surface area contributed by atoms with Crippen molar-refractivity contribution in [1.29, 1.82) is 0 Å². The molecule has 2 aliphatic heterocycles. The van der Waals surface area contributed by atoms with E-state index in [0.717, 1.165) is 36.9 Å². The number of amides is 2. The van der Waals surface area contributed by atoms with Gasteiger partial charge in [-0.1, -0.05) is 17.7 Å². The molecule has 0 radical (unpaired) electrons. The average molecular weight is 410 g/mol. The first kappa shape index (κ1) is 21.1. The van der Waals surface area contributed by atoms with Crippen molar-refractivity contribution in [2.24, 2.45) is 0 Å². The van der Waals surface area contributed by atoms with Crippen molar-refractivity contribution in [2.45, 2.75) is 51.7 Å². The van der Waals surface area contributed by atoms with E-state index in [4.69, 9.17) is 4.74 Å². The number of urea groups is 1. The highest BCUT2D eigenvalue weighted by Crippen LogP contribution is 2.23. The number of hydrogen-bond donors (Lipinski definition) is 1. The number of hydrogen-bond acceptors (Lipinski definition) is 4. The number of aryl methyl sites for hydroxylation is 2. The van der Waals surface area contributed by atoms with E-state index < -0.39 is 10.0 Å². The van der Waals surface area contributed by atoms with Gasteiger partial charge in [0.25, 0.3) is 0 Å². The van der Waals surface area contributed by atoms with Crippen molar-refractivity contribution in [2.75, 3.05) is 37.8 Å². The molecule has 0 aromatic heterocycles. The number of nitrogens with zero attached hydrogens (tertiary/aromatic N) is 2. The SMILES string of the molecule is Cc1ccc(NC(=O)N2CCC(OC3CCN(S(C)(=O)=O)CC3)CC2)c(C)c1. The van der Waals surface area contributed by atoms with Gasteiger partial charge in [-0.3, -0.25) is 0 Å². The first-order chi connectivity index (χ1) is 13.2. The fourth-order valence-electron chi connectivity index (χ4n) is 3.92. The highest BCUT2D eigenvalue weighted by molar-refractivity contribution is 7.88. The standard InChI is InChI=1S/C20H31N3O4S/c1-15-4-5-19(16(2)14-15)21-20(24)22-10-6-17(7-11-22)27-18-8-12-23(13-9-18)28(3,25)26/h4-5,14,17-18H,6-13H2,1-3H3,(H,21,24). The maximum Gasteiger partial charge on any atom is 0.321 e. The molecule has 1 N–H and O–H groups in total.